The van der Waals surface area contributed by atoms with Gasteiger partial charge in [-0.25, -0.2) is 4.98 Å². The number of ether oxygens (including phenoxy) is 1. The number of aromatic nitrogens is 1. The first-order valence-corrected chi connectivity index (χ1v) is 6.50. The van der Waals surface area contributed by atoms with Gasteiger partial charge in [0.05, 0.1) is 18.3 Å². The molecule has 90 valence electrons. The van der Waals surface area contributed by atoms with Crippen LogP contribution in [0.4, 0.5) is 0 Å². The number of rotatable bonds is 4. The predicted octanol–water partition coefficient (Wildman–Crippen LogP) is 1.43. The maximum atomic E-state index is 5.78. The summed E-state index contributed by atoms with van der Waals surface area (Å²) in [5.74, 6) is 0. The molecular weight excluding hydrogens is 222 g/mol. The van der Waals surface area contributed by atoms with Crippen LogP contribution in [-0.4, -0.2) is 23.7 Å². The Kier molecular flexibility index (Phi) is 3.59. The van der Waals surface area contributed by atoms with Gasteiger partial charge in [0.1, 0.15) is 5.01 Å². The molecule has 0 spiro atoms. The lowest BCUT2D eigenvalue weighted by Gasteiger charge is -2.22. The highest BCUT2D eigenvalue weighted by molar-refractivity contribution is 7.09. The van der Waals surface area contributed by atoms with Gasteiger partial charge < -0.3 is 15.8 Å². The standard InChI is InChI=1S/C11H19N3OS/c1-8(12)10-14-9(6-16-10)5-13-11(2)3-4-15-7-11/h6,8,13H,3-5,7,12H2,1-2H3. The zero-order valence-electron chi connectivity index (χ0n) is 9.82. The molecule has 16 heavy (non-hydrogen) atoms. The van der Waals surface area contributed by atoms with E-state index in [0.717, 1.165) is 36.9 Å². The maximum Gasteiger partial charge on any atom is 0.109 e. The second-order valence-electron chi connectivity index (χ2n) is 4.68. The summed E-state index contributed by atoms with van der Waals surface area (Å²) < 4.78 is 5.39. The van der Waals surface area contributed by atoms with Crippen LogP contribution in [0.15, 0.2) is 5.38 Å². The topological polar surface area (TPSA) is 60.2 Å². The Balaban J connectivity index is 1.89. The number of nitrogens with zero attached hydrogens (tertiary/aromatic N) is 1. The number of nitrogens with two attached hydrogens (primary N) is 1. The molecule has 1 aliphatic heterocycles. The van der Waals surface area contributed by atoms with Gasteiger partial charge in [-0.3, -0.25) is 0 Å². The van der Waals surface area contributed by atoms with Crippen LogP contribution in [0.5, 0.6) is 0 Å². The third kappa shape index (κ3) is 2.79. The smallest absolute Gasteiger partial charge is 0.109 e. The van der Waals surface area contributed by atoms with E-state index in [0.29, 0.717) is 0 Å². The Labute approximate surface area is 100 Å². The van der Waals surface area contributed by atoms with Crippen molar-refractivity contribution >= 4 is 11.3 Å². The maximum absolute atomic E-state index is 5.78. The predicted molar refractivity (Wildman–Crippen MR) is 65.4 cm³/mol. The Hall–Kier alpha value is -0.490. The molecule has 1 saturated heterocycles. The SMILES string of the molecule is CC(N)c1nc(CNC2(C)CCOC2)cs1. The molecule has 0 bridgehead atoms. The van der Waals surface area contributed by atoms with Crippen molar-refractivity contribution in [2.75, 3.05) is 13.2 Å². The number of nitrogens with one attached hydrogen (secondary N) is 1. The van der Waals surface area contributed by atoms with Crippen LogP contribution >= 0.6 is 11.3 Å². The molecule has 0 aromatic carbocycles. The first kappa shape index (κ1) is 12.0. The molecule has 2 unspecified atom stereocenters. The summed E-state index contributed by atoms with van der Waals surface area (Å²) in [6.45, 7) is 6.59. The molecule has 2 atom stereocenters. The normalized spacial score (nSPS) is 27.2. The molecule has 0 saturated carbocycles. The van der Waals surface area contributed by atoms with Crippen LogP contribution in [0.3, 0.4) is 0 Å². The summed E-state index contributed by atoms with van der Waals surface area (Å²) in [5.41, 5.74) is 6.96. The molecule has 5 heteroatoms. The molecule has 3 N–H and O–H groups in total. The van der Waals surface area contributed by atoms with Gasteiger partial charge in [0.25, 0.3) is 0 Å². The van der Waals surface area contributed by atoms with Gasteiger partial charge in [0.15, 0.2) is 0 Å². The van der Waals surface area contributed by atoms with E-state index in [9.17, 15) is 0 Å². The zero-order valence-corrected chi connectivity index (χ0v) is 10.6. The lowest BCUT2D eigenvalue weighted by atomic mass is 10.0. The van der Waals surface area contributed by atoms with Gasteiger partial charge in [-0.15, -0.1) is 11.3 Å². The van der Waals surface area contributed by atoms with E-state index in [1.54, 1.807) is 11.3 Å². The minimum Gasteiger partial charge on any atom is -0.379 e. The molecule has 0 radical (unpaired) electrons. The third-order valence-corrected chi connectivity index (χ3v) is 3.97. The van der Waals surface area contributed by atoms with Crippen molar-refractivity contribution in [2.24, 2.45) is 5.73 Å². The molecule has 1 aliphatic rings. The van der Waals surface area contributed by atoms with Crippen molar-refractivity contribution in [3.63, 3.8) is 0 Å². The Bertz CT molecular complexity index is 345. The molecule has 0 aliphatic carbocycles. The van der Waals surface area contributed by atoms with Gasteiger partial charge in [0, 0.05) is 24.1 Å². The van der Waals surface area contributed by atoms with Gasteiger partial charge in [0.2, 0.25) is 0 Å². The van der Waals surface area contributed by atoms with Crippen molar-refractivity contribution in [1.29, 1.82) is 0 Å². The number of hydrogen-bond donors (Lipinski definition) is 2. The van der Waals surface area contributed by atoms with Gasteiger partial charge in [-0.05, 0) is 20.3 Å². The van der Waals surface area contributed by atoms with Crippen molar-refractivity contribution < 1.29 is 4.74 Å². The highest BCUT2D eigenvalue weighted by atomic mass is 32.1. The summed E-state index contributed by atoms with van der Waals surface area (Å²) in [4.78, 5) is 4.49. The van der Waals surface area contributed by atoms with E-state index in [-0.39, 0.29) is 11.6 Å². The van der Waals surface area contributed by atoms with Crippen molar-refractivity contribution in [3.8, 4) is 0 Å². The highest BCUT2D eigenvalue weighted by Gasteiger charge is 2.28. The van der Waals surface area contributed by atoms with Crippen molar-refractivity contribution in [2.45, 2.75) is 38.4 Å². The minimum absolute atomic E-state index is 0.0316. The summed E-state index contributed by atoms with van der Waals surface area (Å²) in [5, 5.41) is 6.58. The van der Waals surface area contributed by atoms with Crippen LogP contribution in [0.2, 0.25) is 0 Å². The monoisotopic (exact) mass is 241 g/mol. The molecule has 2 rings (SSSR count). The first-order valence-electron chi connectivity index (χ1n) is 5.62. The number of thiazole rings is 1. The van der Waals surface area contributed by atoms with E-state index in [2.05, 4.69) is 22.6 Å². The molecule has 1 fully saturated rings. The lowest BCUT2D eigenvalue weighted by molar-refractivity contribution is 0.171. The van der Waals surface area contributed by atoms with E-state index in [4.69, 9.17) is 10.5 Å². The molecule has 4 nitrogen and oxygen atoms in total. The molecule has 0 amide bonds. The Morgan fingerprint density at radius 3 is 3.12 bits per heavy atom. The van der Waals surface area contributed by atoms with Crippen LogP contribution < -0.4 is 11.1 Å². The van der Waals surface area contributed by atoms with Gasteiger partial charge in [-0.2, -0.15) is 0 Å². The van der Waals surface area contributed by atoms with Crippen molar-refractivity contribution in [1.82, 2.24) is 10.3 Å². The lowest BCUT2D eigenvalue weighted by Crippen LogP contribution is -2.42. The molecule has 2 heterocycles. The Morgan fingerprint density at radius 1 is 1.75 bits per heavy atom. The van der Waals surface area contributed by atoms with Crippen LogP contribution in [0.1, 0.15) is 37.0 Å². The second-order valence-corrected chi connectivity index (χ2v) is 5.57. The second kappa shape index (κ2) is 4.79. The summed E-state index contributed by atoms with van der Waals surface area (Å²) in [6, 6.07) is 0.0316. The number of hydrogen-bond acceptors (Lipinski definition) is 5. The van der Waals surface area contributed by atoms with E-state index >= 15 is 0 Å². The minimum atomic E-state index is 0.0316. The quantitative estimate of drug-likeness (QED) is 0.837. The fourth-order valence-corrected chi connectivity index (χ4v) is 2.50. The largest absolute Gasteiger partial charge is 0.379 e. The van der Waals surface area contributed by atoms with Crippen molar-refractivity contribution in [3.05, 3.63) is 16.1 Å². The first-order chi connectivity index (χ1) is 7.59. The average molecular weight is 241 g/mol. The van der Waals surface area contributed by atoms with Crippen LogP contribution in [0, 0.1) is 0 Å². The fraction of sp³-hybridized carbons (Fsp3) is 0.727. The molecular formula is C11H19N3OS. The molecule has 1 aromatic rings. The van der Waals surface area contributed by atoms with Crippen LogP contribution in [-0.2, 0) is 11.3 Å². The van der Waals surface area contributed by atoms with E-state index < -0.39 is 0 Å². The average Bonchev–Trinajstić information content (AvgIpc) is 2.84. The Morgan fingerprint density at radius 2 is 2.56 bits per heavy atom. The summed E-state index contributed by atoms with van der Waals surface area (Å²) in [7, 11) is 0. The summed E-state index contributed by atoms with van der Waals surface area (Å²) in [6.07, 6.45) is 1.07. The van der Waals surface area contributed by atoms with E-state index in [1.165, 1.54) is 0 Å². The molecule has 1 aromatic heterocycles. The highest BCUT2D eigenvalue weighted by Crippen LogP contribution is 2.20. The zero-order chi connectivity index (χ0) is 11.6. The fourth-order valence-electron chi connectivity index (χ4n) is 1.72. The third-order valence-electron chi connectivity index (χ3n) is 2.87. The van der Waals surface area contributed by atoms with Gasteiger partial charge in [-0.1, -0.05) is 0 Å². The summed E-state index contributed by atoms with van der Waals surface area (Å²) >= 11 is 1.63. The van der Waals surface area contributed by atoms with E-state index in [1.807, 2.05) is 6.92 Å². The van der Waals surface area contributed by atoms with Crippen LogP contribution in [0.25, 0.3) is 0 Å². The van der Waals surface area contributed by atoms with Gasteiger partial charge >= 0.3 is 0 Å².